The minimum atomic E-state index is -0.652. The number of aromatic nitrogens is 1. The van der Waals surface area contributed by atoms with Gasteiger partial charge in [0.05, 0.1) is 55.8 Å². The van der Waals surface area contributed by atoms with Gasteiger partial charge in [-0.15, -0.1) is 0 Å². The van der Waals surface area contributed by atoms with Crippen LogP contribution in [0.1, 0.15) is 33.3 Å². The highest BCUT2D eigenvalue weighted by Crippen LogP contribution is 2.30. The van der Waals surface area contributed by atoms with Crippen LogP contribution in [0.5, 0.6) is 0 Å². The molecule has 15 heteroatoms. The average molecular weight is 539 g/mol. The summed E-state index contributed by atoms with van der Waals surface area (Å²) in [6.45, 7) is 5.80. The van der Waals surface area contributed by atoms with Gasteiger partial charge in [0.15, 0.2) is 5.13 Å². The van der Waals surface area contributed by atoms with Gasteiger partial charge < -0.3 is 30.6 Å². The van der Waals surface area contributed by atoms with Gasteiger partial charge in [-0.1, -0.05) is 0 Å². The second-order valence-corrected chi connectivity index (χ2v) is 8.42. The smallest absolute Gasteiger partial charge is 0.348 e. The van der Waals surface area contributed by atoms with E-state index in [1.807, 2.05) is 0 Å². The van der Waals surface area contributed by atoms with Crippen molar-refractivity contribution in [3.63, 3.8) is 0 Å². The number of anilines is 2. The van der Waals surface area contributed by atoms with Crippen molar-refractivity contribution >= 4 is 44.9 Å². The fraction of sp³-hybridized carbons (Fsp3) is 0.455. The molecule has 0 aliphatic rings. The number of carbonyl (C=O) groups excluding carboxylic acids is 3. The maximum absolute atomic E-state index is 12.8. The SMILES string of the molecule is CC(=O)Nc1cc(C(=O)NCCOCCOCCOCCN)ccc1C(=O)Nc1nc(C)c([N+](=O)[O-])s1. The van der Waals surface area contributed by atoms with Gasteiger partial charge in [0.25, 0.3) is 11.8 Å². The van der Waals surface area contributed by atoms with Crippen molar-refractivity contribution in [3.05, 3.63) is 45.1 Å². The average Bonchev–Trinajstić information content (AvgIpc) is 3.22. The van der Waals surface area contributed by atoms with Gasteiger partial charge in [-0.2, -0.15) is 0 Å². The molecule has 0 atom stereocenters. The van der Waals surface area contributed by atoms with Crippen LogP contribution in [0.25, 0.3) is 0 Å². The van der Waals surface area contributed by atoms with Gasteiger partial charge >= 0.3 is 5.00 Å². The normalized spacial score (nSPS) is 10.7. The Morgan fingerprint density at radius 1 is 1.03 bits per heavy atom. The minimum absolute atomic E-state index is 0.0372. The molecule has 202 valence electrons. The molecule has 0 saturated carbocycles. The Kier molecular flexibility index (Phi) is 12.5. The molecule has 0 aliphatic carbocycles. The third-order valence-electron chi connectivity index (χ3n) is 4.53. The molecule has 0 unspecified atom stereocenters. The molecule has 1 aromatic carbocycles. The first-order chi connectivity index (χ1) is 17.7. The van der Waals surface area contributed by atoms with Gasteiger partial charge in [0, 0.05) is 25.6 Å². The van der Waals surface area contributed by atoms with Crippen LogP contribution in [0.2, 0.25) is 0 Å². The lowest BCUT2D eigenvalue weighted by molar-refractivity contribution is -0.380. The van der Waals surface area contributed by atoms with E-state index in [1.165, 1.54) is 32.0 Å². The predicted octanol–water partition coefficient (Wildman–Crippen LogP) is 1.31. The number of thiazole rings is 1. The van der Waals surface area contributed by atoms with E-state index in [9.17, 15) is 24.5 Å². The number of carbonyl (C=O) groups is 3. The van der Waals surface area contributed by atoms with Crippen molar-refractivity contribution in [1.82, 2.24) is 10.3 Å². The van der Waals surface area contributed by atoms with E-state index in [2.05, 4.69) is 20.9 Å². The van der Waals surface area contributed by atoms with Crippen molar-refractivity contribution in [2.45, 2.75) is 13.8 Å². The number of aryl methyl sites for hydroxylation is 1. The summed E-state index contributed by atoms with van der Waals surface area (Å²) in [5, 5.41) is 18.6. The number of rotatable bonds is 16. The number of nitrogens with one attached hydrogen (secondary N) is 3. The van der Waals surface area contributed by atoms with E-state index in [0.717, 1.165) is 0 Å². The Morgan fingerprint density at radius 2 is 1.68 bits per heavy atom. The molecule has 0 bridgehead atoms. The summed E-state index contributed by atoms with van der Waals surface area (Å²) in [5.74, 6) is -1.53. The summed E-state index contributed by atoms with van der Waals surface area (Å²) in [6, 6.07) is 4.16. The Bertz CT molecular complexity index is 1090. The summed E-state index contributed by atoms with van der Waals surface area (Å²) >= 11 is 0.716. The van der Waals surface area contributed by atoms with Crippen LogP contribution < -0.4 is 21.7 Å². The van der Waals surface area contributed by atoms with Gasteiger partial charge in [0.1, 0.15) is 5.69 Å². The molecule has 14 nitrogen and oxygen atoms in total. The number of benzene rings is 1. The van der Waals surface area contributed by atoms with Gasteiger partial charge in [-0.05, 0) is 36.5 Å². The third kappa shape index (κ3) is 10.2. The molecule has 0 fully saturated rings. The largest absolute Gasteiger partial charge is 0.378 e. The Morgan fingerprint density at radius 3 is 2.27 bits per heavy atom. The van der Waals surface area contributed by atoms with Crippen LogP contribution >= 0.6 is 11.3 Å². The zero-order valence-corrected chi connectivity index (χ0v) is 21.4. The zero-order chi connectivity index (χ0) is 27.2. The minimum Gasteiger partial charge on any atom is -0.378 e. The van der Waals surface area contributed by atoms with Crippen LogP contribution in [0.3, 0.4) is 0 Å². The van der Waals surface area contributed by atoms with Gasteiger partial charge in [-0.3, -0.25) is 29.8 Å². The maximum Gasteiger partial charge on any atom is 0.348 e. The lowest BCUT2D eigenvalue weighted by Gasteiger charge is -2.12. The molecule has 0 spiro atoms. The Hall–Kier alpha value is -3.50. The standard InChI is InChI=1S/C22H30N6O8S/c1-14-21(28(32)33)37-22(25-14)27-20(31)17-4-3-16(13-18(17)26-15(2)29)19(30)24-6-8-35-10-12-36-11-9-34-7-5-23/h3-4,13H,5-12,23H2,1-2H3,(H,24,30)(H,26,29)(H,25,27,31). The quantitative estimate of drug-likeness (QED) is 0.137. The van der Waals surface area contributed by atoms with E-state index >= 15 is 0 Å². The number of nitrogens with zero attached hydrogens (tertiary/aromatic N) is 2. The molecular weight excluding hydrogens is 508 g/mol. The van der Waals surface area contributed by atoms with Crippen LogP contribution in [0.4, 0.5) is 15.8 Å². The third-order valence-corrected chi connectivity index (χ3v) is 5.56. The summed E-state index contributed by atoms with van der Waals surface area (Å²) in [4.78, 5) is 51.4. The molecule has 2 rings (SSSR count). The second-order valence-electron chi connectivity index (χ2n) is 7.44. The summed E-state index contributed by atoms with van der Waals surface area (Å²) in [5.41, 5.74) is 5.85. The molecular formula is C22H30N6O8S. The van der Waals surface area contributed by atoms with E-state index in [1.54, 1.807) is 0 Å². The molecule has 37 heavy (non-hydrogen) atoms. The topological polar surface area (TPSA) is 197 Å². The van der Waals surface area contributed by atoms with Crippen LogP contribution in [0.15, 0.2) is 18.2 Å². The van der Waals surface area contributed by atoms with Crippen molar-refractivity contribution in [1.29, 1.82) is 0 Å². The van der Waals surface area contributed by atoms with E-state index in [0.29, 0.717) is 50.9 Å². The molecule has 0 radical (unpaired) electrons. The number of nitrogens with two attached hydrogens (primary N) is 1. The predicted molar refractivity (Wildman–Crippen MR) is 136 cm³/mol. The Balaban J connectivity index is 1.89. The number of hydrogen-bond donors (Lipinski definition) is 4. The molecule has 1 aromatic heterocycles. The van der Waals surface area contributed by atoms with Crippen LogP contribution in [0, 0.1) is 17.0 Å². The highest BCUT2D eigenvalue weighted by molar-refractivity contribution is 7.19. The number of amides is 3. The first-order valence-electron chi connectivity index (χ1n) is 11.3. The second kappa shape index (κ2) is 15.6. The molecule has 5 N–H and O–H groups in total. The molecule has 0 saturated heterocycles. The Labute approximate surface area is 217 Å². The van der Waals surface area contributed by atoms with Crippen molar-refractivity contribution in [2.24, 2.45) is 5.73 Å². The number of nitro groups is 1. The first-order valence-corrected chi connectivity index (χ1v) is 12.1. The van der Waals surface area contributed by atoms with Crippen molar-refractivity contribution < 1.29 is 33.5 Å². The maximum atomic E-state index is 12.8. The summed E-state index contributed by atoms with van der Waals surface area (Å²) in [7, 11) is 0. The summed E-state index contributed by atoms with van der Waals surface area (Å²) < 4.78 is 15.9. The van der Waals surface area contributed by atoms with E-state index in [4.69, 9.17) is 19.9 Å². The van der Waals surface area contributed by atoms with Crippen molar-refractivity contribution in [3.8, 4) is 0 Å². The summed E-state index contributed by atoms with van der Waals surface area (Å²) in [6.07, 6.45) is 0. The van der Waals surface area contributed by atoms with Crippen LogP contribution in [-0.2, 0) is 19.0 Å². The fourth-order valence-corrected chi connectivity index (χ4v) is 3.69. The molecule has 3 amide bonds. The fourth-order valence-electron chi connectivity index (χ4n) is 2.92. The highest BCUT2D eigenvalue weighted by Gasteiger charge is 2.21. The highest BCUT2D eigenvalue weighted by atomic mass is 32.1. The monoisotopic (exact) mass is 538 g/mol. The number of ether oxygens (including phenoxy) is 3. The molecule has 1 heterocycles. The molecule has 2 aromatic rings. The van der Waals surface area contributed by atoms with Crippen molar-refractivity contribution in [2.75, 3.05) is 63.4 Å². The first kappa shape index (κ1) is 29.7. The van der Waals surface area contributed by atoms with E-state index in [-0.39, 0.29) is 45.8 Å². The van der Waals surface area contributed by atoms with Crippen LogP contribution in [-0.4, -0.2) is 80.4 Å². The lowest BCUT2D eigenvalue weighted by Crippen LogP contribution is -2.28. The number of hydrogen-bond acceptors (Lipinski definition) is 11. The van der Waals surface area contributed by atoms with Gasteiger partial charge in [0.2, 0.25) is 5.91 Å². The van der Waals surface area contributed by atoms with Gasteiger partial charge in [-0.25, -0.2) is 4.98 Å². The van der Waals surface area contributed by atoms with E-state index < -0.39 is 22.6 Å². The zero-order valence-electron chi connectivity index (χ0n) is 20.5. The molecule has 0 aliphatic heterocycles. The lowest BCUT2D eigenvalue weighted by atomic mass is 10.1.